The Balaban J connectivity index is 1.41. The number of piperidine rings is 1. The van der Waals surface area contributed by atoms with Crippen LogP contribution in [-0.2, 0) is 20.0 Å². The zero-order chi connectivity index (χ0) is 15.6. The van der Waals surface area contributed by atoms with Gasteiger partial charge < -0.3 is 5.32 Å². The van der Waals surface area contributed by atoms with E-state index in [0.717, 1.165) is 44.8 Å². The molecular formula is C17H24N6. The van der Waals surface area contributed by atoms with Gasteiger partial charge in [-0.3, -0.25) is 4.90 Å². The maximum absolute atomic E-state index is 4.18. The first-order valence-corrected chi connectivity index (χ1v) is 8.60. The lowest BCUT2D eigenvalue weighted by atomic mass is 9.94. The van der Waals surface area contributed by atoms with Gasteiger partial charge in [-0.25, -0.2) is 4.68 Å². The van der Waals surface area contributed by atoms with Crippen LogP contribution in [0.4, 0.5) is 5.69 Å². The molecule has 1 fully saturated rings. The van der Waals surface area contributed by atoms with Crippen molar-refractivity contribution in [1.82, 2.24) is 25.1 Å². The molecule has 2 aliphatic heterocycles. The lowest BCUT2D eigenvalue weighted by Gasteiger charge is -2.32. The van der Waals surface area contributed by atoms with Gasteiger partial charge >= 0.3 is 0 Å². The molecule has 3 heterocycles. The average Bonchev–Trinajstić information content (AvgIpc) is 3.02. The van der Waals surface area contributed by atoms with E-state index in [0.29, 0.717) is 5.92 Å². The highest BCUT2D eigenvalue weighted by Crippen LogP contribution is 2.30. The summed E-state index contributed by atoms with van der Waals surface area (Å²) in [6.07, 6.45) is 4.72. The predicted octanol–water partition coefficient (Wildman–Crippen LogP) is 1.95. The van der Waals surface area contributed by atoms with E-state index in [2.05, 4.69) is 43.9 Å². The smallest absolute Gasteiger partial charge is 0.154 e. The molecule has 0 bridgehead atoms. The number of likely N-dealkylation sites (tertiary alicyclic amines) is 1. The van der Waals surface area contributed by atoms with E-state index in [1.165, 1.54) is 29.7 Å². The van der Waals surface area contributed by atoms with Crippen LogP contribution in [0.2, 0.25) is 0 Å². The molecule has 0 atom stereocenters. The summed E-state index contributed by atoms with van der Waals surface area (Å²) in [6.45, 7) is 4.37. The number of benzene rings is 1. The average molecular weight is 312 g/mol. The third kappa shape index (κ3) is 2.95. The molecule has 23 heavy (non-hydrogen) atoms. The lowest BCUT2D eigenvalue weighted by Crippen LogP contribution is -2.33. The number of nitrogens with one attached hydrogen (secondary N) is 1. The van der Waals surface area contributed by atoms with E-state index in [9.17, 15) is 0 Å². The zero-order valence-electron chi connectivity index (χ0n) is 13.7. The zero-order valence-corrected chi connectivity index (χ0v) is 13.7. The lowest BCUT2D eigenvalue weighted by molar-refractivity contribution is 0.200. The maximum atomic E-state index is 4.18. The molecular weight excluding hydrogens is 288 g/mol. The van der Waals surface area contributed by atoms with Gasteiger partial charge in [-0.1, -0.05) is 18.2 Å². The van der Waals surface area contributed by atoms with E-state index in [-0.39, 0.29) is 0 Å². The third-order valence-electron chi connectivity index (χ3n) is 5.16. The summed E-state index contributed by atoms with van der Waals surface area (Å²) >= 11 is 0. The fourth-order valence-corrected chi connectivity index (χ4v) is 3.89. The molecule has 0 spiro atoms. The van der Waals surface area contributed by atoms with Crippen LogP contribution < -0.4 is 5.32 Å². The van der Waals surface area contributed by atoms with Gasteiger partial charge in [0.15, 0.2) is 5.82 Å². The molecule has 0 aliphatic carbocycles. The topological polar surface area (TPSA) is 58.9 Å². The van der Waals surface area contributed by atoms with Crippen LogP contribution in [0.15, 0.2) is 18.2 Å². The normalized spacial score (nSPS) is 19.3. The summed E-state index contributed by atoms with van der Waals surface area (Å²) in [4.78, 5) is 2.56. The van der Waals surface area contributed by atoms with Crippen LogP contribution in [0.3, 0.4) is 0 Å². The van der Waals surface area contributed by atoms with E-state index in [4.69, 9.17) is 0 Å². The van der Waals surface area contributed by atoms with Gasteiger partial charge in [0.25, 0.3) is 0 Å². The fraction of sp³-hybridized carbons (Fsp3) is 0.588. The minimum absolute atomic E-state index is 0.495. The highest BCUT2D eigenvalue weighted by atomic mass is 15.5. The molecule has 0 radical (unpaired) electrons. The number of nitrogens with zero attached hydrogens (tertiary/aromatic N) is 5. The molecule has 4 rings (SSSR count). The Morgan fingerprint density at radius 2 is 2.13 bits per heavy atom. The molecule has 0 saturated carbocycles. The molecule has 0 amide bonds. The van der Waals surface area contributed by atoms with Gasteiger partial charge in [-0.2, -0.15) is 0 Å². The Kier molecular flexibility index (Phi) is 3.99. The van der Waals surface area contributed by atoms with Crippen molar-refractivity contribution >= 4 is 5.69 Å². The number of hydrogen-bond donors (Lipinski definition) is 1. The van der Waals surface area contributed by atoms with Crippen molar-refractivity contribution in [3.05, 3.63) is 35.2 Å². The number of aryl methyl sites for hydroxylation is 2. The van der Waals surface area contributed by atoms with E-state index in [1.54, 1.807) is 0 Å². The highest BCUT2D eigenvalue weighted by Gasteiger charge is 2.25. The number of para-hydroxylation sites is 1. The van der Waals surface area contributed by atoms with Crippen molar-refractivity contribution in [3.8, 4) is 0 Å². The summed E-state index contributed by atoms with van der Waals surface area (Å²) in [5, 5.41) is 15.5. The van der Waals surface area contributed by atoms with Crippen LogP contribution in [-0.4, -0.2) is 44.7 Å². The molecule has 1 aromatic carbocycles. The molecule has 122 valence electrons. The second-order valence-electron chi connectivity index (χ2n) is 6.69. The minimum atomic E-state index is 0.495. The largest absolute Gasteiger partial charge is 0.385 e. The molecule has 1 N–H and O–H groups in total. The molecule has 0 unspecified atom stereocenters. The van der Waals surface area contributed by atoms with Crippen LogP contribution in [0.25, 0.3) is 0 Å². The Bertz CT molecular complexity index is 671. The highest BCUT2D eigenvalue weighted by molar-refractivity contribution is 5.59. The van der Waals surface area contributed by atoms with Gasteiger partial charge in [-0.15, -0.1) is 5.10 Å². The van der Waals surface area contributed by atoms with Crippen molar-refractivity contribution in [1.29, 1.82) is 0 Å². The van der Waals surface area contributed by atoms with Gasteiger partial charge in [0, 0.05) is 31.7 Å². The van der Waals surface area contributed by atoms with E-state index in [1.807, 2.05) is 11.7 Å². The van der Waals surface area contributed by atoms with Gasteiger partial charge in [0.2, 0.25) is 0 Å². The predicted molar refractivity (Wildman–Crippen MR) is 89.3 cm³/mol. The summed E-state index contributed by atoms with van der Waals surface area (Å²) in [5.41, 5.74) is 4.31. The first-order chi connectivity index (χ1) is 11.3. The summed E-state index contributed by atoms with van der Waals surface area (Å²) < 4.78 is 1.82. The Morgan fingerprint density at radius 3 is 2.91 bits per heavy atom. The minimum Gasteiger partial charge on any atom is -0.385 e. The second kappa shape index (κ2) is 6.28. The Morgan fingerprint density at radius 1 is 1.26 bits per heavy atom. The molecule has 1 aromatic heterocycles. The number of hydrogen-bond acceptors (Lipinski definition) is 5. The van der Waals surface area contributed by atoms with Crippen LogP contribution in [0.5, 0.6) is 0 Å². The van der Waals surface area contributed by atoms with Crippen molar-refractivity contribution in [2.24, 2.45) is 7.05 Å². The van der Waals surface area contributed by atoms with Gasteiger partial charge in [-0.05, 0) is 60.3 Å². The van der Waals surface area contributed by atoms with Crippen molar-refractivity contribution < 1.29 is 0 Å². The summed E-state index contributed by atoms with van der Waals surface area (Å²) in [7, 11) is 1.93. The third-order valence-corrected chi connectivity index (χ3v) is 5.16. The Labute approximate surface area is 136 Å². The summed E-state index contributed by atoms with van der Waals surface area (Å²) in [6, 6.07) is 6.74. The second-order valence-corrected chi connectivity index (χ2v) is 6.69. The quantitative estimate of drug-likeness (QED) is 0.939. The molecule has 6 nitrogen and oxygen atoms in total. The first-order valence-electron chi connectivity index (χ1n) is 8.60. The molecule has 2 aromatic rings. The van der Waals surface area contributed by atoms with Gasteiger partial charge in [0.05, 0.1) is 0 Å². The van der Waals surface area contributed by atoms with Crippen molar-refractivity contribution in [2.75, 3.05) is 25.0 Å². The standard InChI is InChI=1S/C17H24N6/c1-22-17(19-20-21-22)14-7-10-23(11-8-14)12-15-5-2-4-13-6-3-9-18-16(13)15/h2,4-5,14,18H,3,6-12H2,1H3. The maximum Gasteiger partial charge on any atom is 0.154 e. The van der Waals surface area contributed by atoms with Crippen LogP contribution >= 0.6 is 0 Å². The number of tetrazole rings is 1. The van der Waals surface area contributed by atoms with Crippen LogP contribution in [0.1, 0.15) is 42.1 Å². The monoisotopic (exact) mass is 312 g/mol. The summed E-state index contributed by atoms with van der Waals surface area (Å²) in [5.74, 6) is 1.53. The van der Waals surface area contributed by atoms with Crippen molar-refractivity contribution in [3.63, 3.8) is 0 Å². The van der Waals surface area contributed by atoms with E-state index >= 15 is 0 Å². The van der Waals surface area contributed by atoms with Crippen LogP contribution in [0, 0.1) is 0 Å². The first kappa shape index (κ1) is 14.6. The number of fused-ring (bicyclic) bond motifs is 1. The van der Waals surface area contributed by atoms with Crippen molar-refractivity contribution in [2.45, 2.75) is 38.1 Å². The number of rotatable bonds is 3. The van der Waals surface area contributed by atoms with E-state index < -0.39 is 0 Å². The molecule has 6 heteroatoms. The molecule has 2 aliphatic rings. The SMILES string of the molecule is Cn1nnnc1C1CCN(Cc2cccc3c2NCCC3)CC1. The molecule has 1 saturated heterocycles. The Hall–Kier alpha value is -1.95. The fourth-order valence-electron chi connectivity index (χ4n) is 3.89. The number of anilines is 1. The number of aromatic nitrogens is 4. The van der Waals surface area contributed by atoms with Gasteiger partial charge in [0.1, 0.15) is 0 Å².